The van der Waals surface area contributed by atoms with E-state index < -0.39 is 16.8 Å². The number of carboxylic acid groups (broad SMARTS) is 1. The predicted molar refractivity (Wildman–Crippen MR) is 115 cm³/mol. The van der Waals surface area contributed by atoms with Gasteiger partial charge in [-0.1, -0.05) is 30.3 Å². The molecule has 1 atom stereocenters. The van der Waals surface area contributed by atoms with E-state index in [1.165, 1.54) is 12.1 Å². The second kappa shape index (κ2) is 9.66. The Morgan fingerprint density at radius 3 is 2.00 bits per heavy atom. The molecule has 0 aliphatic carbocycles. The van der Waals surface area contributed by atoms with Gasteiger partial charge < -0.3 is 15.7 Å². The van der Waals surface area contributed by atoms with Gasteiger partial charge in [-0.2, -0.15) is 0 Å². The Morgan fingerprint density at radius 2 is 1.38 bits per heavy atom. The summed E-state index contributed by atoms with van der Waals surface area (Å²) in [5.74, 6) is -1.30. The lowest BCUT2D eigenvalue weighted by Crippen LogP contribution is -2.20. The van der Waals surface area contributed by atoms with Gasteiger partial charge in [-0.05, 0) is 54.1 Å². The van der Waals surface area contributed by atoms with Crippen molar-refractivity contribution in [1.29, 1.82) is 0 Å². The third kappa shape index (κ3) is 6.29. The monoisotopic (exact) mass is 408 g/mol. The van der Waals surface area contributed by atoms with E-state index in [0.29, 0.717) is 5.69 Å². The highest BCUT2D eigenvalue weighted by Crippen LogP contribution is 2.18. The van der Waals surface area contributed by atoms with Gasteiger partial charge in [0.1, 0.15) is 5.75 Å². The Balaban J connectivity index is 1.49. The number of carbonyl (C=O) groups excluding carboxylic acids is 1. The zero-order valence-corrected chi connectivity index (χ0v) is 16.3. The molecule has 0 aromatic heterocycles. The maximum atomic E-state index is 12.2. The van der Waals surface area contributed by atoms with Gasteiger partial charge >= 0.3 is 5.97 Å². The van der Waals surface area contributed by atoms with Gasteiger partial charge in [0.15, 0.2) is 0 Å². The quantitative estimate of drug-likeness (QED) is 0.523. The van der Waals surface area contributed by atoms with Crippen LogP contribution >= 0.6 is 0 Å². The number of carbonyl (C=O) groups is 2. The Labute approximate surface area is 171 Å². The lowest BCUT2D eigenvalue weighted by molar-refractivity contribution is -0.113. The summed E-state index contributed by atoms with van der Waals surface area (Å²) < 4.78 is 12.2. The Hall–Kier alpha value is -3.45. The average Bonchev–Trinajstić information content (AvgIpc) is 2.70. The van der Waals surface area contributed by atoms with Crippen LogP contribution in [0.25, 0.3) is 0 Å². The summed E-state index contributed by atoms with van der Waals surface area (Å²) in [4.78, 5) is 23.0. The van der Waals surface area contributed by atoms with Gasteiger partial charge in [-0.25, -0.2) is 4.79 Å². The number of nitrogens with one attached hydrogen (secondary N) is 2. The zero-order valence-electron chi connectivity index (χ0n) is 15.5. The van der Waals surface area contributed by atoms with Crippen molar-refractivity contribution >= 4 is 39.7 Å². The number of rotatable bonds is 8. The Kier molecular flexibility index (Phi) is 6.76. The highest BCUT2D eigenvalue weighted by molar-refractivity contribution is 7.84. The third-order valence-corrected chi connectivity index (χ3v) is 5.29. The molecule has 7 heteroatoms. The van der Waals surface area contributed by atoms with Gasteiger partial charge in [0, 0.05) is 33.6 Å². The minimum absolute atomic E-state index is 0.134. The summed E-state index contributed by atoms with van der Waals surface area (Å²) in [5.41, 5.74) is 3.37. The maximum absolute atomic E-state index is 12.2. The Morgan fingerprint density at radius 1 is 0.793 bits per heavy atom. The van der Waals surface area contributed by atoms with E-state index in [1.807, 2.05) is 42.5 Å². The highest BCUT2D eigenvalue weighted by Gasteiger charge is 2.10. The molecule has 0 saturated carbocycles. The van der Waals surface area contributed by atoms with Crippen LogP contribution in [-0.2, 0) is 21.3 Å². The fourth-order valence-corrected chi connectivity index (χ4v) is 3.68. The van der Waals surface area contributed by atoms with Gasteiger partial charge in [-0.15, -0.1) is 0 Å². The number of benzene rings is 3. The maximum Gasteiger partial charge on any atom is 0.335 e. The van der Waals surface area contributed by atoms with Crippen molar-refractivity contribution in [2.24, 2.45) is 0 Å². The topological polar surface area (TPSA) is 95.5 Å². The average molecular weight is 408 g/mol. The van der Waals surface area contributed by atoms with E-state index in [9.17, 15) is 13.8 Å². The number of amides is 1. The highest BCUT2D eigenvalue weighted by atomic mass is 32.2. The molecular formula is C22H20N2O4S. The van der Waals surface area contributed by atoms with Crippen molar-refractivity contribution in [3.05, 3.63) is 90.0 Å². The summed E-state index contributed by atoms with van der Waals surface area (Å²) in [6.45, 7) is 0. The molecule has 0 radical (unpaired) electrons. The molecule has 3 aromatic rings. The fraction of sp³-hybridized carbons (Fsp3) is 0.0909. The van der Waals surface area contributed by atoms with Crippen molar-refractivity contribution in [3.63, 3.8) is 0 Å². The SMILES string of the molecule is O=C(CS(=O)Cc1ccc(C(=O)O)cc1)Nc1ccc(Nc2ccccc2)cc1. The number of carboxylic acids is 1. The molecule has 0 bridgehead atoms. The predicted octanol–water partition coefficient (Wildman–Crippen LogP) is 4.02. The summed E-state index contributed by atoms with van der Waals surface area (Å²) in [5, 5.41) is 14.9. The first kappa shape index (κ1) is 20.3. The van der Waals surface area contributed by atoms with Gasteiger partial charge in [-0.3, -0.25) is 9.00 Å². The molecule has 6 nitrogen and oxygen atoms in total. The molecule has 1 unspecified atom stereocenters. The first-order chi connectivity index (χ1) is 14.0. The van der Waals surface area contributed by atoms with Crippen LogP contribution in [0.15, 0.2) is 78.9 Å². The number of aromatic carboxylic acids is 1. The molecular weight excluding hydrogens is 388 g/mol. The standard InChI is InChI=1S/C22H20N2O4S/c25-21(15-29(28)14-16-6-8-17(9-7-16)22(26)27)24-20-12-10-19(11-13-20)23-18-4-2-1-3-5-18/h1-13,23H,14-15H2,(H,24,25)(H,26,27). The summed E-state index contributed by atoms with van der Waals surface area (Å²) in [7, 11) is -1.39. The van der Waals surface area contributed by atoms with E-state index in [-0.39, 0.29) is 23.0 Å². The second-order valence-corrected chi connectivity index (χ2v) is 7.80. The molecule has 0 heterocycles. The van der Waals surface area contributed by atoms with E-state index >= 15 is 0 Å². The smallest absolute Gasteiger partial charge is 0.335 e. The van der Waals surface area contributed by atoms with Crippen molar-refractivity contribution < 1.29 is 18.9 Å². The molecule has 0 fully saturated rings. The summed E-state index contributed by atoms with van der Waals surface area (Å²) >= 11 is 0. The molecule has 0 aliphatic heterocycles. The third-order valence-electron chi connectivity index (χ3n) is 4.05. The van der Waals surface area contributed by atoms with Crippen LogP contribution in [-0.4, -0.2) is 26.9 Å². The molecule has 0 spiro atoms. The second-order valence-electron chi connectivity index (χ2n) is 6.35. The number of hydrogen-bond donors (Lipinski definition) is 3. The van der Waals surface area contributed by atoms with E-state index in [2.05, 4.69) is 10.6 Å². The lowest BCUT2D eigenvalue weighted by Gasteiger charge is -2.09. The molecule has 3 aromatic carbocycles. The van der Waals surface area contributed by atoms with Crippen LogP contribution in [0, 0.1) is 0 Å². The van der Waals surface area contributed by atoms with E-state index in [0.717, 1.165) is 16.9 Å². The minimum Gasteiger partial charge on any atom is -0.478 e. The first-order valence-electron chi connectivity index (χ1n) is 8.89. The van der Waals surface area contributed by atoms with Crippen LogP contribution in [0.5, 0.6) is 0 Å². The molecule has 1 amide bonds. The van der Waals surface area contributed by atoms with E-state index in [1.54, 1.807) is 24.3 Å². The van der Waals surface area contributed by atoms with Crippen molar-refractivity contribution in [2.45, 2.75) is 5.75 Å². The summed E-state index contributed by atoms with van der Waals surface area (Å²) in [6, 6.07) is 23.1. The van der Waals surface area contributed by atoms with Gasteiger partial charge in [0.2, 0.25) is 5.91 Å². The summed E-state index contributed by atoms with van der Waals surface area (Å²) in [6.07, 6.45) is 0. The molecule has 148 valence electrons. The molecule has 3 N–H and O–H groups in total. The Bertz CT molecular complexity index is 1000. The van der Waals surface area contributed by atoms with Crippen molar-refractivity contribution in [1.82, 2.24) is 0 Å². The van der Waals surface area contributed by atoms with Gasteiger partial charge in [0.05, 0.1) is 5.56 Å². The molecule has 0 aliphatic rings. The van der Waals surface area contributed by atoms with Crippen LogP contribution in [0.1, 0.15) is 15.9 Å². The minimum atomic E-state index is -1.39. The van der Waals surface area contributed by atoms with Gasteiger partial charge in [0.25, 0.3) is 0 Å². The lowest BCUT2D eigenvalue weighted by atomic mass is 10.1. The molecule has 29 heavy (non-hydrogen) atoms. The zero-order chi connectivity index (χ0) is 20.6. The van der Waals surface area contributed by atoms with Crippen molar-refractivity contribution in [3.8, 4) is 0 Å². The van der Waals surface area contributed by atoms with Crippen molar-refractivity contribution in [2.75, 3.05) is 16.4 Å². The number of hydrogen-bond acceptors (Lipinski definition) is 4. The van der Waals surface area contributed by atoms with Crippen LogP contribution in [0.3, 0.4) is 0 Å². The van der Waals surface area contributed by atoms with Crippen LogP contribution in [0.4, 0.5) is 17.1 Å². The molecule has 0 saturated heterocycles. The number of anilines is 3. The fourth-order valence-electron chi connectivity index (χ4n) is 2.65. The van der Waals surface area contributed by atoms with Crippen LogP contribution < -0.4 is 10.6 Å². The molecule has 3 rings (SSSR count). The largest absolute Gasteiger partial charge is 0.478 e. The number of para-hydroxylation sites is 1. The van der Waals surface area contributed by atoms with E-state index in [4.69, 9.17) is 5.11 Å². The van der Waals surface area contributed by atoms with Crippen LogP contribution in [0.2, 0.25) is 0 Å². The normalized spacial score (nSPS) is 11.4. The first-order valence-corrected chi connectivity index (χ1v) is 10.4.